The zero-order valence-corrected chi connectivity index (χ0v) is 23.5. The molecule has 212 valence electrons. The Morgan fingerprint density at radius 1 is 1.10 bits per heavy atom. The number of rotatable bonds is 12. The molecule has 3 aliphatic rings. The zero-order chi connectivity index (χ0) is 27.9. The van der Waals surface area contributed by atoms with E-state index in [1.54, 1.807) is 7.11 Å². The van der Waals surface area contributed by atoms with Crippen LogP contribution in [0, 0.1) is 11.8 Å². The highest BCUT2D eigenvalue weighted by Gasteiger charge is 2.31. The molecule has 0 radical (unpaired) electrons. The van der Waals surface area contributed by atoms with E-state index in [4.69, 9.17) is 21.1 Å². The normalized spacial score (nSPS) is 26.3. The summed E-state index contributed by atoms with van der Waals surface area (Å²) in [5.74, 6) is -0.750. The number of benzene rings is 1. The van der Waals surface area contributed by atoms with Gasteiger partial charge in [0.1, 0.15) is 12.2 Å². The third-order valence-corrected chi connectivity index (χ3v) is 8.48. The topological polar surface area (TPSA) is 96.4 Å². The summed E-state index contributed by atoms with van der Waals surface area (Å²) in [5.41, 5.74) is 2.29. The number of amides is 2. The van der Waals surface area contributed by atoms with Gasteiger partial charge in [-0.15, -0.1) is 0 Å². The highest BCUT2D eigenvalue weighted by molar-refractivity contribution is 6.30. The second-order valence-electron chi connectivity index (χ2n) is 10.8. The summed E-state index contributed by atoms with van der Waals surface area (Å²) in [6, 6.07) is 8.08. The van der Waals surface area contributed by atoms with Crippen LogP contribution in [-0.4, -0.2) is 78.2 Å². The summed E-state index contributed by atoms with van der Waals surface area (Å²) in [4.78, 5) is 38.9. The summed E-state index contributed by atoms with van der Waals surface area (Å²) in [5, 5.41) is 10.1. The lowest BCUT2D eigenvalue weighted by molar-refractivity contribution is -0.143. The molecule has 1 aliphatic heterocycles. The number of aliphatic carboxylic acids is 1. The van der Waals surface area contributed by atoms with Gasteiger partial charge >= 0.3 is 5.97 Å². The lowest BCUT2D eigenvalue weighted by atomic mass is 9.81. The highest BCUT2D eigenvalue weighted by Crippen LogP contribution is 2.33. The third kappa shape index (κ3) is 7.78. The van der Waals surface area contributed by atoms with Crippen molar-refractivity contribution in [2.24, 2.45) is 11.8 Å². The number of hydrogen-bond donors (Lipinski definition) is 1. The van der Waals surface area contributed by atoms with Crippen molar-refractivity contribution in [1.29, 1.82) is 0 Å². The van der Waals surface area contributed by atoms with Gasteiger partial charge in [-0.3, -0.25) is 24.2 Å². The van der Waals surface area contributed by atoms with Gasteiger partial charge in [0.25, 0.3) is 0 Å². The molecule has 2 aliphatic carbocycles. The van der Waals surface area contributed by atoms with E-state index >= 15 is 0 Å². The van der Waals surface area contributed by atoms with E-state index in [2.05, 4.69) is 36.1 Å². The standard InChI is InChI=1S/C30H39ClN2O6/c1-20(23-8-10-25(31)11-9-23)32(18-21-3-6-24(7-4-21)30(36)37)19-22-5-12-26(27(17-22)38-2)39-16-15-33-28(34)13-14-29(33)35/h5,8-12,17,20-21,24,26-27H,3-4,6-7,13-16,18-19H2,1-2H3,(H,36,37)/t20-,21-,24-,26?,27?/m1/s1. The van der Waals surface area contributed by atoms with Crippen LogP contribution in [0.2, 0.25) is 5.02 Å². The second kappa shape index (κ2) is 13.7. The van der Waals surface area contributed by atoms with Gasteiger partial charge in [-0.1, -0.05) is 35.9 Å². The lowest BCUT2D eigenvalue weighted by Gasteiger charge is -2.36. The Hall–Kier alpha value is -2.52. The van der Waals surface area contributed by atoms with Gasteiger partial charge in [0.05, 0.1) is 19.1 Å². The maximum atomic E-state index is 11.9. The summed E-state index contributed by atoms with van der Waals surface area (Å²) < 4.78 is 11.7. The summed E-state index contributed by atoms with van der Waals surface area (Å²) in [7, 11) is 1.65. The average Bonchev–Trinajstić information content (AvgIpc) is 3.26. The fraction of sp³-hybridized carbons (Fsp3) is 0.567. The van der Waals surface area contributed by atoms with Crippen molar-refractivity contribution in [3.05, 3.63) is 58.7 Å². The van der Waals surface area contributed by atoms with Crippen LogP contribution < -0.4 is 0 Å². The van der Waals surface area contributed by atoms with E-state index in [9.17, 15) is 19.5 Å². The van der Waals surface area contributed by atoms with Gasteiger partial charge in [0.15, 0.2) is 0 Å². The molecular weight excluding hydrogens is 520 g/mol. The molecule has 3 atom stereocenters. The van der Waals surface area contributed by atoms with Crippen LogP contribution in [0.5, 0.6) is 0 Å². The molecule has 4 rings (SSSR count). The van der Waals surface area contributed by atoms with Gasteiger partial charge in [-0.2, -0.15) is 0 Å². The second-order valence-corrected chi connectivity index (χ2v) is 11.2. The van der Waals surface area contributed by atoms with Crippen molar-refractivity contribution in [1.82, 2.24) is 9.80 Å². The van der Waals surface area contributed by atoms with Gasteiger partial charge in [-0.05, 0) is 67.9 Å². The number of carbonyl (C=O) groups excluding carboxylic acids is 2. The van der Waals surface area contributed by atoms with Crippen LogP contribution >= 0.6 is 11.6 Å². The number of carbonyl (C=O) groups is 3. The maximum absolute atomic E-state index is 11.9. The van der Waals surface area contributed by atoms with Crippen molar-refractivity contribution >= 4 is 29.4 Å². The van der Waals surface area contributed by atoms with E-state index in [0.29, 0.717) is 17.5 Å². The average molecular weight is 559 g/mol. The Balaban J connectivity index is 1.40. The van der Waals surface area contributed by atoms with E-state index < -0.39 is 5.97 Å². The molecular formula is C30H39ClN2O6. The van der Waals surface area contributed by atoms with Crippen molar-refractivity contribution in [2.45, 2.75) is 63.7 Å². The molecule has 0 bridgehead atoms. The Kier molecular flexibility index (Phi) is 10.4. The number of hydrogen-bond acceptors (Lipinski definition) is 6. The number of imide groups is 1. The summed E-state index contributed by atoms with van der Waals surface area (Å²) >= 11 is 6.14. The van der Waals surface area contributed by atoms with Crippen LogP contribution in [0.3, 0.4) is 0 Å². The monoisotopic (exact) mass is 558 g/mol. The molecule has 39 heavy (non-hydrogen) atoms. The fourth-order valence-corrected chi connectivity index (χ4v) is 5.90. The Morgan fingerprint density at radius 2 is 1.77 bits per heavy atom. The first-order valence-corrected chi connectivity index (χ1v) is 14.2. The minimum absolute atomic E-state index is 0.138. The number of carboxylic acids is 1. The first-order chi connectivity index (χ1) is 18.7. The first-order valence-electron chi connectivity index (χ1n) is 13.8. The van der Waals surface area contributed by atoms with E-state index in [1.165, 1.54) is 10.5 Å². The minimum Gasteiger partial charge on any atom is -0.481 e. The molecule has 1 saturated heterocycles. The number of carboxylic acid groups (broad SMARTS) is 1. The van der Waals surface area contributed by atoms with Gasteiger partial charge in [0.2, 0.25) is 11.8 Å². The van der Waals surface area contributed by atoms with Gasteiger partial charge in [-0.25, -0.2) is 0 Å². The molecule has 0 spiro atoms. The molecule has 1 saturated carbocycles. The molecule has 1 aromatic carbocycles. The predicted molar refractivity (Wildman–Crippen MR) is 148 cm³/mol. The molecule has 8 nitrogen and oxygen atoms in total. The van der Waals surface area contributed by atoms with Crippen molar-refractivity contribution in [2.75, 3.05) is 33.4 Å². The van der Waals surface area contributed by atoms with Crippen LogP contribution in [0.4, 0.5) is 0 Å². The maximum Gasteiger partial charge on any atom is 0.306 e. The van der Waals surface area contributed by atoms with Crippen molar-refractivity contribution in [3.63, 3.8) is 0 Å². The van der Waals surface area contributed by atoms with Gasteiger partial charge in [0, 0.05) is 44.1 Å². The number of halogens is 1. The Labute approximate surface area is 235 Å². The van der Waals surface area contributed by atoms with E-state index in [-0.39, 0.29) is 62.0 Å². The fourth-order valence-electron chi connectivity index (χ4n) is 5.77. The largest absolute Gasteiger partial charge is 0.481 e. The van der Waals surface area contributed by atoms with Crippen LogP contribution in [0.1, 0.15) is 57.1 Å². The molecule has 9 heteroatoms. The summed E-state index contributed by atoms with van der Waals surface area (Å²) in [6.07, 6.45) is 9.38. The zero-order valence-electron chi connectivity index (χ0n) is 22.8. The predicted octanol–water partition coefficient (Wildman–Crippen LogP) is 4.64. The molecule has 1 N–H and O–H groups in total. The van der Waals surface area contributed by atoms with E-state index in [1.807, 2.05) is 18.2 Å². The Morgan fingerprint density at radius 3 is 2.38 bits per heavy atom. The molecule has 2 unspecified atom stereocenters. The lowest BCUT2D eigenvalue weighted by Crippen LogP contribution is -2.38. The number of methoxy groups -OCH3 is 1. The molecule has 1 heterocycles. The summed E-state index contributed by atoms with van der Waals surface area (Å²) in [6.45, 7) is 4.29. The van der Waals surface area contributed by atoms with Crippen LogP contribution in [0.25, 0.3) is 0 Å². The number of nitrogens with zero attached hydrogens (tertiary/aromatic N) is 2. The first kappa shape index (κ1) is 29.5. The SMILES string of the molecule is COC1C=C(CN(C[C@H]2CC[C@H](C(=O)O)CC2)[C@H](C)c2ccc(Cl)cc2)C=CC1OCCN1C(=O)CCC1=O. The number of ether oxygens (including phenoxy) is 2. The van der Waals surface area contributed by atoms with Crippen LogP contribution in [-0.2, 0) is 23.9 Å². The quantitative estimate of drug-likeness (QED) is 0.373. The smallest absolute Gasteiger partial charge is 0.306 e. The minimum atomic E-state index is -0.682. The highest BCUT2D eigenvalue weighted by atomic mass is 35.5. The molecule has 2 fully saturated rings. The van der Waals surface area contributed by atoms with Crippen molar-refractivity contribution < 1.29 is 29.0 Å². The number of likely N-dealkylation sites (tertiary alicyclic amines) is 1. The third-order valence-electron chi connectivity index (χ3n) is 8.23. The molecule has 0 aromatic heterocycles. The Bertz CT molecular complexity index is 1060. The molecule has 2 amide bonds. The van der Waals surface area contributed by atoms with Crippen LogP contribution in [0.15, 0.2) is 48.1 Å². The molecule has 1 aromatic rings. The van der Waals surface area contributed by atoms with Crippen molar-refractivity contribution in [3.8, 4) is 0 Å². The van der Waals surface area contributed by atoms with Gasteiger partial charge < -0.3 is 14.6 Å². The van der Waals surface area contributed by atoms with E-state index in [0.717, 1.165) is 37.8 Å².